The van der Waals surface area contributed by atoms with Gasteiger partial charge in [0.05, 0.1) is 6.10 Å². The molecule has 1 fully saturated rings. The van der Waals surface area contributed by atoms with Crippen molar-refractivity contribution in [2.45, 2.75) is 38.7 Å². The Bertz CT molecular complexity index is 394. The van der Waals surface area contributed by atoms with Gasteiger partial charge in [-0.1, -0.05) is 24.9 Å². The van der Waals surface area contributed by atoms with Crippen LogP contribution in [0.2, 0.25) is 5.02 Å². The molecule has 0 amide bonds. The third kappa shape index (κ3) is 3.20. The largest absolute Gasteiger partial charge is 0.392 e. The minimum Gasteiger partial charge on any atom is -0.392 e. The van der Waals surface area contributed by atoms with Gasteiger partial charge in [0.1, 0.15) is 5.82 Å². The molecule has 3 heteroatoms. The van der Waals surface area contributed by atoms with E-state index in [0.29, 0.717) is 28.8 Å². The number of rotatable bonds is 3. The fourth-order valence-corrected chi connectivity index (χ4v) is 2.89. The lowest BCUT2D eigenvalue weighted by Gasteiger charge is -2.18. The number of hydrogen-bond acceptors (Lipinski definition) is 1. The molecule has 2 rings (SSSR count). The van der Waals surface area contributed by atoms with Gasteiger partial charge in [-0.05, 0) is 48.4 Å². The Morgan fingerprint density at radius 3 is 2.88 bits per heavy atom. The molecule has 0 aliphatic heterocycles. The van der Waals surface area contributed by atoms with E-state index < -0.39 is 6.10 Å². The second-order valence-corrected chi connectivity index (χ2v) is 5.62. The zero-order valence-corrected chi connectivity index (χ0v) is 10.8. The third-order valence-electron chi connectivity index (χ3n) is 3.72. The fraction of sp³-hybridized carbons (Fsp3) is 0.571. The minimum absolute atomic E-state index is 0.278. The Morgan fingerprint density at radius 1 is 1.47 bits per heavy atom. The average molecular weight is 257 g/mol. The molecule has 1 aromatic carbocycles. The van der Waals surface area contributed by atoms with Gasteiger partial charge in [-0.3, -0.25) is 0 Å². The molecule has 94 valence electrons. The van der Waals surface area contributed by atoms with E-state index in [4.69, 9.17) is 11.6 Å². The van der Waals surface area contributed by atoms with Crippen molar-refractivity contribution in [2.24, 2.45) is 11.8 Å². The predicted octanol–water partition coefficient (Wildman–Crippen LogP) is 3.82. The Morgan fingerprint density at radius 2 is 2.24 bits per heavy atom. The first-order chi connectivity index (χ1) is 8.06. The molecule has 1 nitrogen and oxygen atoms in total. The van der Waals surface area contributed by atoms with Crippen LogP contribution in [0.1, 0.15) is 31.7 Å². The van der Waals surface area contributed by atoms with E-state index in [2.05, 4.69) is 6.92 Å². The maximum absolute atomic E-state index is 13.5. The van der Waals surface area contributed by atoms with Gasteiger partial charge in [-0.2, -0.15) is 0 Å². The highest BCUT2D eigenvalue weighted by molar-refractivity contribution is 6.30. The topological polar surface area (TPSA) is 20.2 Å². The first-order valence-corrected chi connectivity index (χ1v) is 6.56. The molecule has 1 N–H and O–H groups in total. The molecular weight excluding hydrogens is 239 g/mol. The highest BCUT2D eigenvalue weighted by atomic mass is 35.5. The first kappa shape index (κ1) is 12.8. The summed E-state index contributed by atoms with van der Waals surface area (Å²) in [4.78, 5) is 0. The Labute approximate surface area is 107 Å². The molecule has 0 heterocycles. The number of halogens is 2. The number of hydrogen-bond donors (Lipinski definition) is 1. The second kappa shape index (κ2) is 5.36. The van der Waals surface area contributed by atoms with Crippen LogP contribution >= 0.6 is 11.6 Å². The molecule has 1 aliphatic carbocycles. The van der Waals surface area contributed by atoms with Gasteiger partial charge in [0.25, 0.3) is 0 Å². The van der Waals surface area contributed by atoms with Gasteiger partial charge in [-0.15, -0.1) is 0 Å². The lowest BCUT2D eigenvalue weighted by atomic mass is 9.94. The molecule has 17 heavy (non-hydrogen) atoms. The van der Waals surface area contributed by atoms with Gasteiger partial charge < -0.3 is 5.11 Å². The summed E-state index contributed by atoms with van der Waals surface area (Å²) in [6.07, 6.45) is 3.17. The highest BCUT2D eigenvalue weighted by Gasteiger charge is 2.28. The fourth-order valence-electron chi connectivity index (χ4n) is 2.69. The van der Waals surface area contributed by atoms with Gasteiger partial charge >= 0.3 is 0 Å². The lowest BCUT2D eigenvalue weighted by Crippen LogP contribution is -2.21. The maximum Gasteiger partial charge on any atom is 0.126 e. The quantitative estimate of drug-likeness (QED) is 0.872. The van der Waals surface area contributed by atoms with Gasteiger partial charge in [0.2, 0.25) is 0 Å². The molecule has 0 aromatic heterocycles. The molecule has 0 saturated heterocycles. The first-order valence-electron chi connectivity index (χ1n) is 6.18. The zero-order chi connectivity index (χ0) is 12.4. The Hall–Kier alpha value is -0.600. The van der Waals surface area contributed by atoms with Crippen molar-refractivity contribution in [3.63, 3.8) is 0 Å². The molecule has 0 spiro atoms. The molecule has 0 radical (unpaired) electrons. The van der Waals surface area contributed by atoms with Gasteiger partial charge in [0.15, 0.2) is 0 Å². The number of aliphatic hydroxyl groups is 1. The van der Waals surface area contributed by atoms with Crippen molar-refractivity contribution < 1.29 is 9.50 Å². The molecular formula is C14H18ClFO. The number of benzene rings is 1. The molecule has 3 unspecified atom stereocenters. The van der Waals surface area contributed by atoms with Crippen molar-refractivity contribution in [1.29, 1.82) is 0 Å². The van der Waals surface area contributed by atoms with Crippen molar-refractivity contribution in [1.82, 2.24) is 0 Å². The number of aliphatic hydroxyl groups excluding tert-OH is 1. The van der Waals surface area contributed by atoms with Crippen LogP contribution in [0.3, 0.4) is 0 Å². The van der Waals surface area contributed by atoms with Crippen LogP contribution in [-0.4, -0.2) is 11.2 Å². The van der Waals surface area contributed by atoms with Crippen LogP contribution in [0.5, 0.6) is 0 Å². The summed E-state index contributed by atoms with van der Waals surface area (Å²) in [5, 5.41) is 10.6. The van der Waals surface area contributed by atoms with Gasteiger partial charge in [0, 0.05) is 11.4 Å². The summed E-state index contributed by atoms with van der Waals surface area (Å²) >= 11 is 5.83. The molecule has 1 saturated carbocycles. The van der Waals surface area contributed by atoms with Crippen LogP contribution in [0.25, 0.3) is 0 Å². The standard InChI is InChI=1S/C14H18ClFO/c1-9-2-3-10(6-9)14(17)8-11-7-12(15)4-5-13(11)16/h4-5,7,9-10,14,17H,2-3,6,8H2,1H3. The van der Waals surface area contributed by atoms with Crippen LogP contribution in [0.4, 0.5) is 4.39 Å². The summed E-state index contributed by atoms with van der Waals surface area (Å²) in [6.45, 7) is 2.20. The molecule has 3 atom stereocenters. The molecule has 1 aliphatic rings. The van der Waals surface area contributed by atoms with E-state index in [1.54, 1.807) is 6.07 Å². The average Bonchev–Trinajstić information content (AvgIpc) is 2.70. The van der Waals surface area contributed by atoms with E-state index in [1.807, 2.05) is 0 Å². The highest BCUT2D eigenvalue weighted by Crippen LogP contribution is 2.34. The third-order valence-corrected chi connectivity index (χ3v) is 3.95. The van der Waals surface area contributed by atoms with E-state index in [-0.39, 0.29) is 5.82 Å². The monoisotopic (exact) mass is 256 g/mol. The summed E-state index contributed by atoms with van der Waals surface area (Å²) in [7, 11) is 0. The summed E-state index contributed by atoms with van der Waals surface area (Å²) in [5.74, 6) is 0.710. The lowest BCUT2D eigenvalue weighted by molar-refractivity contribution is 0.108. The van der Waals surface area contributed by atoms with Crippen molar-refractivity contribution >= 4 is 11.6 Å². The zero-order valence-electron chi connectivity index (χ0n) is 10.00. The SMILES string of the molecule is CC1CCC(C(O)Cc2cc(Cl)ccc2F)C1. The van der Waals surface area contributed by atoms with Crippen LogP contribution < -0.4 is 0 Å². The Balaban J connectivity index is 2.02. The van der Waals surface area contributed by atoms with E-state index in [0.717, 1.165) is 12.8 Å². The van der Waals surface area contributed by atoms with Crippen molar-refractivity contribution in [3.05, 3.63) is 34.6 Å². The van der Waals surface area contributed by atoms with Crippen molar-refractivity contribution in [2.75, 3.05) is 0 Å². The molecule has 1 aromatic rings. The maximum atomic E-state index is 13.5. The van der Waals surface area contributed by atoms with E-state index in [9.17, 15) is 9.50 Å². The second-order valence-electron chi connectivity index (χ2n) is 5.19. The minimum atomic E-state index is -0.451. The van der Waals surface area contributed by atoms with Crippen LogP contribution in [0.15, 0.2) is 18.2 Å². The van der Waals surface area contributed by atoms with Crippen LogP contribution in [-0.2, 0) is 6.42 Å². The van der Waals surface area contributed by atoms with Gasteiger partial charge in [-0.25, -0.2) is 4.39 Å². The molecule has 0 bridgehead atoms. The summed E-state index contributed by atoms with van der Waals surface area (Å²) in [5.41, 5.74) is 0.518. The van der Waals surface area contributed by atoms with Crippen molar-refractivity contribution in [3.8, 4) is 0 Å². The van der Waals surface area contributed by atoms with E-state index in [1.165, 1.54) is 18.6 Å². The summed E-state index contributed by atoms with van der Waals surface area (Å²) in [6, 6.07) is 4.50. The summed E-state index contributed by atoms with van der Waals surface area (Å²) < 4.78 is 13.5. The predicted molar refractivity (Wildman–Crippen MR) is 67.6 cm³/mol. The Kier molecular flexibility index (Phi) is 4.05. The van der Waals surface area contributed by atoms with Crippen LogP contribution in [0, 0.1) is 17.7 Å². The normalized spacial score (nSPS) is 26.1. The smallest absolute Gasteiger partial charge is 0.126 e. The van der Waals surface area contributed by atoms with E-state index >= 15 is 0 Å².